The Hall–Kier alpha value is -2.86. The van der Waals surface area contributed by atoms with Gasteiger partial charge < -0.3 is 15.1 Å². The molecule has 2 aromatic rings. The standard InChI is InChI=1S/C20H22F3N3O5S/c1-2-32(29,30)26-9-7-13(8-10-26)18(27)25-16-6-5-14(12-15(16)20(21,22)23)24-19(28)17-4-3-11-31-17/h3-6,11-13H,2,7-10H2,1H3,(H,24,28)(H,25,27). The van der Waals surface area contributed by atoms with E-state index in [-0.39, 0.29) is 43.1 Å². The normalized spacial score (nSPS) is 16.0. The van der Waals surface area contributed by atoms with Gasteiger partial charge in [0.2, 0.25) is 15.9 Å². The zero-order valence-corrected chi connectivity index (χ0v) is 17.9. The summed E-state index contributed by atoms with van der Waals surface area (Å²) in [5.74, 6) is -2.06. The molecule has 2 N–H and O–H groups in total. The number of amides is 2. The molecule has 2 heterocycles. The number of piperidine rings is 1. The molecule has 1 aliphatic heterocycles. The van der Waals surface area contributed by atoms with E-state index in [9.17, 15) is 31.2 Å². The van der Waals surface area contributed by atoms with E-state index in [2.05, 4.69) is 10.6 Å². The Morgan fingerprint density at radius 3 is 2.41 bits per heavy atom. The lowest BCUT2D eigenvalue weighted by molar-refractivity contribution is -0.137. The van der Waals surface area contributed by atoms with Crippen molar-refractivity contribution >= 4 is 33.2 Å². The van der Waals surface area contributed by atoms with Crippen LogP contribution in [0.15, 0.2) is 41.0 Å². The third kappa shape index (κ3) is 5.49. The average Bonchev–Trinajstić information content (AvgIpc) is 3.29. The molecule has 1 aromatic heterocycles. The average molecular weight is 473 g/mol. The Morgan fingerprint density at radius 2 is 1.84 bits per heavy atom. The lowest BCUT2D eigenvalue weighted by Gasteiger charge is -2.30. The van der Waals surface area contributed by atoms with Crippen molar-refractivity contribution in [3.63, 3.8) is 0 Å². The lowest BCUT2D eigenvalue weighted by atomic mass is 9.97. The number of halogens is 3. The van der Waals surface area contributed by atoms with Crippen molar-refractivity contribution in [3.05, 3.63) is 47.9 Å². The van der Waals surface area contributed by atoms with Crippen LogP contribution in [0.5, 0.6) is 0 Å². The number of carbonyl (C=O) groups is 2. The van der Waals surface area contributed by atoms with Gasteiger partial charge in [-0.3, -0.25) is 9.59 Å². The SMILES string of the molecule is CCS(=O)(=O)N1CCC(C(=O)Nc2ccc(NC(=O)c3ccco3)cc2C(F)(F)F)CC1. The van der Waals surface area contributed by atoms with E-state index < -0.39 is 45.2 Å². The first kappa shape index (κ1) is 23.8. The van der Waals surface area contributed by atoms with Crippen molar-refractivity contribution in [2.45, 2.75) is 25.9 Å². The molecule has 0 spiro atoms. The van der Waals surface area contributed by atoms with Gasteiger partial charge in [-0.25, -0.2) is 12.7 Å². The van der Waals surface area contributed by atoms with Gasteiger partial charge in [0, 0.05) is 24.7 Å². The van der Waals surface area contributed by atoms with Gasteiger partial charge in [0.1, 0.15) is 0 Å². The number of sulfonamides is 1. The quantitative estimate of drug-likeness (QED) is 0.667. The van der Waals surface area contributed by atoms with Crippen molar-refractivity contribution in [3.8, 4) is 0 Å². The first-order chi connectivity index (χ1) is 15.0. The highest BCUT2D eigenvalue weighted by Crippen LogP contribution is 2.37. The number of alkyl halides is 3. The minimum absolute atomic E-state index is 0.0540. The second-order valence-corrected chi connectivity index (χ2v) is 9.51. The van der Waals surface area contributed by atoms with Crippen molar-refractivity contribution in [2.24, 2.45) is 5.92 Å². The molecule has 8 nitrogen and oxygen atoms in total. The predicted molar refractivity (Wildman–Crippen MR) is 110 cm³/mol. The number of rotatable bonds is 6. The monoisotopic (exact) mass is 473 g/mol. The van der Waals surface area contributed by atoms with Crippen LogP contribution in [0.3, 0.4) is 0 Å². The van der Waals surface area contributed by atoms with Crippen molar-refractivity contribution in [1.29, 1.82) is 0 Å². The molecular formula is C20H22F3N3O5S. The van der Waals surface area contributed by atoms with E-state index in [1.807, 2.05) is 0 Å². The van der Waals surface area contributed by atoms with Gasteiger partial charge in [0.15, 0.2) is 5.76 Å². The van der Waals surface area contributed by atoms with E-state index in [0.717, 1.165) is 12.1 Å². The molecular weight excluding hydrogens is 451 g/mol. The molecule has 1 fully saturated rings. The number of anilines is 2. The summed E-state index contributed by atoms with van der Waals surface area (Å²) < 4.78 is 70.8. The van der Waals surface area contributed by atoms with Crippen LogP contribution in [0, 0.1) is 5.92 Å². The van der Waals surface area contributed by atoms with Crippen LogP contribution in [-0.2, 0) is 21.0 Å². The highest BCUT2D eigenvalue weighted by atomic mass is 32.2. The maximum atomic E-state index is 13.6. The summed E-state index contributed by atoms with van der Waals surface area (Å²) in [6.07, 6.45) is -3.10. The Morgan fingerprint density at radius 1 is 1.16 bits per heavy atom. The summed E-state index contributed by atoms with van der Waals surface area (Å²) in [6, 6.07) is 5.87. The number of nitrogens with one attached hydrogen (secondary N) is 2. The van der Waals surface area contributed by atoms with Gasteiger partial charge in [0.25, 0.3) is 5.91 Å². The van der Waals surface area contributed by atoms with Crippen molar-refractivity contribution < 1.29 is 35.6 Å². The summed E-state index contributed by atoms with van der Waals surface area (Å²) in [7, 11) is -3.37. The third-order valence-electron chi connectivity index (χ3n) is 5.17. The zero-order chi connectivity index (χ0) is 23.5. The fraction of sp³-hybridized carbons (Fsp3) is 0.400. The van der Waals surface area contributed by atoms with Crippen LogP contribution in [0.4, 0.5) is 24.5 Å². The molecule has 0 aliphatic carbocycles. The number of nitrogens with zero attached hydrogens (tertiary/aromatic N) is 1. The third-order valence-corrected chi connectivity index (χ3v) is 7.05. The highest BCUT2D eigenvalue weighted by Gasteiger charge is 2.36. The van der Waals surface area contributed by atoms with Crippen LogP contribution in [0.2, 0.25) is 0 Å². The van der Waals surface area contributed by atoms with Crippen LogP contribution < -0.4 is 10.6 Å². The van der Waals surface area contributed by atoms with Gasteiger partial charge in [-0.15, -0.1) is 0 Å². The van der Waals surface area contributed by atoms with E-state index in [4.69, 9.17) is 4.42 Å². The van der Waals surface area contributed by atoms with Crippen molar-refractivity contribution in [2.75, 3.05) is 29.5 Å². The molecule has 0 saturated carbocycles. The molecule has 0 atom stereocenters. The first-order valence-corrected chi connectivity index (χ1v) is 11.5. The highest BCUT2D eigenvalue weighted by molar-refractivity contribution is 7.89. The van der Waals surface area contributed by atoms with E-state index in [1.165, 1.54) is 35.7 Å². The summed E-state index contributed by atoms with van der Waals surface area (Å²) in [5, 5.41) is 4.62. The Bertz CT molecular complexity index is 1080. The van der Waals surface area contributed by atoms with Crippen LogP contribution in [0.25, 0.3) is 0 Å². The Balaban J connectivity index is 1.72. The molecule has 0 bridgehead atoms. The number of benzene rings is 1. The van der Waals surface area contributed by atoms with Gasteiger partial charge in [-0.1, -0.05) is 0 Å². The molecule has 2 amide bonds. The molecule has 1 aliphatic rings. The Labute approximate surface area is 182 Å². The van der Waals surface area contributed by atoms with Crippen LogP contribution >= 0.6 is 0 Å². The molecule has 174 valence electrons. The number of carbonyl (C=O) groups excluding carboxylic acids is 2. The van der Waals surface area contributed by atoms with E-state index in [1.54, 1.807) is 0 Å². The molecule has 0 unspecified atom stereocenters. The van der Waals surface area contributed by atoms with Crippen molar-refractivity contribution in [1.82, 2.24) is 4.31 Å². The predicted octanol–water partition coefficient (Wildman–Crippen LogP) is 3.55. The minimum atomic E-state index is -4.79. The summed E-state index contributed by atoms with van der Waals surface area (Å²) in [5.41, 5.74) is -1.67. The second kappa shape index (κ2) is 9.33. The summed E-state index contributed by atoms with van der Waals surface area (Å²) in [4.78, 5) is 24.6. The topological polar surface area (TPSA) is 109 Å². The van der Waals surface area contributed by atoms with Gasteiger partial charge in [0.05, 0.1) is 23.3 Å². The molecule has 32 heavy (non-hydrogen) atoms. The van der Waals surface area contributed by atoms with E-state index >= 15 is 0 Å². The summed E-state index contributed by atoms with van der Waals surface area (Å²) in [6.45, 7) is 1.80. The smallest absolute Gasteiger partial charge is 0.418 e. The first-order valence-electron chi connectivity index (χ1n) is 9.86. The fourth-order valence-electron chi connectivity index (χ4n) is 3.38. The second-order valence-electron chi connectivity index (χ2n) is 7.25. The maximum Gasteiger partial charge on any atom is 0.418 e. The minimum Gasteiger partial charge on any atom is -0.459 e. The molecule has 12 heteroatoms. The molecule has 1 saturated heterocycles. The number of hydrogen-bond acceptors (Lipinski definition) is 5. The molecule has 3 rings (SSSR count). The lowest BCUT2D eigenvalue weighted by Crippen LogP contribution is -2.42. The number of hydrogen-bond donors (Lipinski definition) is 2. The van der Waals surface area contributed by atoms with Crippen LogP contribution in [0.1, 0.15) is 35.9 Å². The summed E-state index contributed by atoms with van der Waals surface area (Å²) >= 11 is 0. The Kier molecular flexibility index (Phi) is 6.94. The fourth-order valence-corrected chi connectivity index (χ4v) is 4.51. The number of furan rings is 1. The van der Waals surface area contributed by atoms with E-state index in [0.29, 0.717) is 0 Å². The molecule has 1 aromatic carbocycles. The molecule has 0 radical (unpaired) electrons. The van der Waals surface area contributed by atoms with Gasteiger partial charge >= 0.3 is 6.18 Å². The zero-order valence-electron chi connectivity index (χ0n) is 17.1. The van der Waals surface area contributed by atoms with Crippen LogP contribution in [-0.4, -0.2) is 43.4 Å². The van der Waals surface area contributed by atoms with Gasteiger partial charge in [-0.05, 0) is 50.1 Å². The maximum absolute atomic E-state index is 13.6. The van der Waals surface area contributed by atoms with Gasteiger partial charge in [-0.2, -0.15) is 13.2 Å². The largest absolute Gasteiger partial charge is 0.459 e.